The minimum Gasteiger partial charge on any atom is -0.453 e. The number of carbonyl (C=O) groups excluding carboxylic acids is 2. The molecule has 1 heterocycles. The third kappa shape index (κ3) is 6.20. The van der Waals surface area contributed by atoms with Gasteiger partial charge in [-0.3, -0.25) is 15.1 Å². The highest BCUT2D eigenvalue weighted by molar-refractivity contribution is 6.31. The Hall–Kier alpha value is -4.36. The van der Waals surface area contributed by atoms with Crippen LogP contribution in [0.1, 0.15) is 27.7 Å². The highest BCUT2D eigenvalue weighted by Crippen LogP contribution is 2.29. The summed E-state index contributed by atoms with van der Waals surface area (Å²) in [5, 5.41) is 6.24. The van der Waals surface area contributed by atoms with Gasteiger partial charge >= 0.3 is 6.09 Å². The molecule has 0 saturated heterocycles. The van der Waals surface area contributed by atoms with Gasteiger partial charge < -0.3 is 15.8 Å². The number of anilines is 2. The van der Waals surface area contributed by atoms with Gasteiger partial charge in [0.2, 0.25) is 0 Å². The van der Waals surface area contributed by atoms with Crippen molar-refractivity contribution in [1.29, 1.82) is 0 Å². The largest absolute Gasteiger partial charge is 0.453 e. The summed E-state index contributed by atoms with van der Waals surface area (Å²) in [6, 6.07) is 25.2. The Morgan fingerprint density at radius 1 is 1.00 bits per heavy atom. The maximum atomic E-state index is 13.1. The first kappa shape index (κ1) is 24.8. The van der Waals surface area contributed by atoms with Crippen LogP contribution in [0.5, 0.6) is 0 Å². The van der Waals surface area contributed by atoms with E-state index in [9.17, 15) is 9.59 Å². The number of amides is 2. The van der Waals surface area contributed by atoms with Gasteiger partial charge in [0.25, 0.3) is 5.91 Å². The number of ether oxygens (including phenoxy) is 1. The fourth-order valence-corrected chi connectivity index (χ4v) is 3.92. The van der Waals surface area contributed by atoms with Crippen LogP contribution in [0.4, 0.5) is 16.2 Å². The zero-order chi connectivity index (χ0) is 25.5. The molecule has 0 aliphatic heterocycles. The van der Waals surface area contributed by atoms with E-state index in [1.54, 1.807) is 48.7 Å². The van der Waals surface area contributed by atoms with E-state index in [1.807, 2.05) is 42.5 Å². The second kappa shape index (κ2) is 11.4. The molecular formula is C28H25ClN4O3. The number of methoxy groups -OCH3 is 1. The van der Waals surface area contributed by atoms with Crippen LogP contribution in [0.15, 0.2) is 91.1 Å². The van der Waals surface area contributed by atoms with Gasteiger partial charge in [0, 0.05) is 39.3 Å². The molecule has 1 atom stereocenters. The first-order chi connectivity index (χ1) is 17.4. The summed E-state index contributed by atoms with van der Waals surface area (Å²) < 4.78 is 4.59. The zero-order valence-corrected chi connectivity index (χ0v) is 20.3. The number of halogens is 1. The number of hydrogen-bond donors (Lipinski definition) is 3. The van der Waals surface area contributed by atoms with E-state index < -0.39 is 6.09 Å². The molecule has 0 bridgehead atoms. The smallest absolute Gasteiger partial charge is 0.411 e. The van der Waals surface area contributed by atoms with Crippen molar-refractivity contribution in [2.45, 2.75) is 12.5 Å². The van der Waals surface area contributed by atoms with Crippen molar-refractivity contribution in [3.63, 3.8) is 0 Å². The van der Waals surface area contributed by atoms with Gasteiger partial charge in [0.15, 0.2) is 0 Å². The predicted octanol–water partition coefficient (Wildman–Crippen LogP) is 5.88. The monoisotopic (exact) mass is 500 g/mol. The molecule has 4 rings (SSSR count). The fraction of sp³-hybridized carbons (Fsp3) is 0.107. The van der Waals surface area contributed by atoms with Crippen molar-refractivity contribution in [1.82, 2.24) is 10.3 Å². The molecule has 1 aromatic heterocycles. The van der Waals surface area contributed by atoms with Gasteiger partial charge in [0.1, 0.15) is 0 Å². The van der Waals surface area contributed by atoms with E-state index >= 15 is 0 Å². The van der Waals surface area contributed by atoms with Crippen molar-refractivity contribution in [3.05, 3.63) is 113 Å². The first-order valence-corrected chi connectivity index (χ1v) is 11.6. The van der Waals surface area contributed by atoms with Crippen LogP contribution < -0.4 is 16.4 Å². The number of benzene rings is 3. The summed E-state index contributed by atoms with van der Waals surface area (Å²) in [4.78, 5) is 29.1. The summed E-state index contributed by atoms with van der Waals surface area (Å²) in [5.41, 5.74) is 11.1. The Labute approximate surface area is 214 Å². The van der Waals surface area contributed by atoms with E-state index in [2.05, 4.69) is 20.4 Å². The van der Waals surface area contributed by atoms with E-state index in [0.717, 1.165) is 16.7 Å². The van der Waals surface area contributed by atoms with Crippen LogP contribution in [0.2, 0.25) is 5.02 Å². The number of nitrogens with zero attached hydrogens (tertiary/aromatic N) is 1. The number of nitrogens with two attached hydrogens (primary N) is 1. The van der Waals surface area contributed by atoms with Gasteiger partial charge in [-0.2, -0.15) is 0 Å². The predicted molar refractivity (Wildman–Crippen MR) is 142 cm³/mol. The summed E-state index contributed by atoms with van der Waals surface area (Å²) in [7, 11) is 1.29. The van der Waals surface area contributed by atoms with Gasteiger partial charge in [-0.15, -0.1) is 0 Å². The van der Waals surface area contributed by atoms with Crippen LogP contribution in [-0.4, -0.2) is 24.1 Å². The highest BCUT2D eigenvalue weighted by atomic mass is 35.5. The van der Waals surface area contributed by atoms with Crippen molar-refractivity contribution in [2.75, 3.05) is 18.2 Å². The molecule has 4 aromatic rings. The third-order valence-corrected chi connectivity index (χ3v) is 5.87. The molecule has 0 unspecified atom stereocenters. The normalized spacial score (nSPS) is 11.4. The maximum Gasteiger partial charge on any atom is 0.411 e. The molecule has 0 aliphatic carbocycles. The molecule has 0 fully saturated rings. The van der Waals surface area contributed by atoms with E-state index in [0.29, 0.717) is 34.1 Å². The molecule has 4 N–H and O–H groups in total. The van der Waals surface area contributed by atoms with Crippen LogP contribution in [-0.2, 0) is 11.2 Å². The average Bonchev–Trinajstić information content (AvgIpc) is 2.90. The summed E-state index contributed by atoms with van der Waals surface area (Å²) in [5.74, 6) is -0.259. The van der Waals surface area contributed by atoms with Crippen LogP contribution in [0, 0.1) is 0 Å². The molecule has 7 nitrogen and oxygen atoms in total. The fourth-order valence-electron chi connectivity index (χ4n) is 3.74. The summed E-state index contributed by atoms with van der Waals surface area (Å²) in [6.45, 7) is 0. The molecule has 182 valence electrons. The van der Waals surface area contributed by atoms with Gasteiger partial charge in [0.05, 0.1) is 18.8 Å². The Bertz CT molecular complexity index is 1340. The maximum absolute atomic E-state index is 13.1. The first-order valence-electron chi connectivity index (χ1n) is 11.2. The number of aromatic nitrogens is 1. The molecule has 0 aliphatic rings. The zero-order valence-electron chi connectivity index (χ0n) is 19.6. The van der Waals surface area contributed by atoms with Crippen LogP contribution >= 0.6 is 11.6 Å². The Balaban J connectivity index is 1.57. The van der Waals surface area contributed by atoms with Gasteiger partial charge in [-0.25, -0.2) is 4.79 Å². The van der Waals surface area contributed by atoms with Crippen molar-refractivity contribution in [3.8, 4) is 11.1 Å². The molecule has 2 amide bonds. The standard InChI is InChI=1S/C28H25ClN4O3/c1-36-28(35)32-22-11-7-19(8-12-22)27(34)33-26(15-18-5-3-2-4-6-18)25-14-9-20(17-31-25)23-16-21(29)10-13-24(23)30/h2-14,16-17,26H,15,30H2,1H3,(H,32,35)(H,33,34)/t26-/m0/s1. The molecular weight excluding hydrogens is 476 g/mol. The van der Waals surface area contributed by atoms with E-state index in [-0.39, 0.29) is 11.9 Å². The number of rotatable bonds is 7. The Morgan fingerprint density at radius 3 is 2.42 bits per heavy atom. The number of carbonyl (C=O) groups is 2. The molecule has 3 aromatic carbocycles. The van der Waals surface area contributed by atoms with Crippen molar-refractivity contribution < 1.29 is 14.3 Å². The Kier molecular flexibility index (Phi) is 7.82. The Morgan fingerprint density at radius 2 is 1.75 bits per heavy atom. The summed E-state index contributed by atoms with van der Waals surface area (Å²) >= 11 is 6.15. The number of hydrogen-bond acceptors (Lipinski definition) is 5. The topological polar surface area (TPSA) is 106 Å². The molecule has 8 heteroatoms. The highest BCUT2D eigenvalue weighted by Gasteiger charge is 2.18. The minimum atomic E-state index is -0.579. The van der Waals surface area contributed by atoms with E-state index in [4.69, 9.17) is 17.3 Å². The lowest BCUT2D eigenvalue weighted by atomic mass is 10.00. The average molecular weight is 501 g/mol. The lowest BCUT2D eigenvalue weighted by Gasteiger charge is -2.19. The SMILES string of the molecule is COC(=O)Nc1ccc(C(=O)N[C@@H](Cc2ccccc2)c2ccc(-c3cc(Cl)ccc3N)cn2)cc1. The molecule has 0 radical (unpaired) electrons. The molecule has 0 saturated carbocycles. The number of nitrogens with one attached hydrogen (secondary N) is 2. The third-order valence-electron chi connectivity index (χ3n) is 5.64. The van der Waals surface area contributed by atoms with Crippen molar-refractivity contribution in [2.24, 2.45) is 0 Å². The lowest BCUT2D eigenvalue weighted by Crippen LogP contribution is -2.30. The second-order valence-corrected chi connectivity index (χ2v) is 8.55. The minimum absolute atomic E-state index is 0.259. The molecule has 0 spiro atoms. The van der Waals surface area contributed by atoms with Gasteiger partial charge in [-0.05, 0) is 60.5 Å². The quantitative estimate of drug-likeness (QED) is 0.275. The van der Waals surface area contributed by atoms with E-state index in [1.165, 1.54) is 7.11 Å². The second-order valence-electron chi connectivity index (χ2n) is 8.11. The van der Waals surface area contributed by atoms with Gasteiger partial charge in [-0.1, -0.05) is 48.0 Å². The lowest BCUT2D eigenvalue weighted by molar-refractivity contribution is 0.0935. The van der Waals surface area contributed by atoms with Crippen LogP contribution in [0.25, 0.3) is 11.1 Å². The molecule has 36 heavy (non-hydrogen) atoms. The van der Waals surface area contributed by atoms with Crippen molar-refractivity contribution >= 4 is 35.0 Å². The van der Waals surface area contributed by atoms with Crippen LogP contribution in [0.3, 0.4) is 0 Å². The number of nitrogen functional groups attached to an aromatic ring is 1. The number of pyridine rings is 1. The summed E-state index contributed by atoms with van der Waals surface area (Å²) in [6.07, 6.45) is 1.71.